The number of hydrogen-bond donors (Lipinski definition) is 1. The van der Waals surface area contributed by atoms with Gasteiger partial charge in [-0.1, -0.05) is 18.5 Å². The molecule has 0 saturated heterocycles. The molecule has 0 bridgehead atoms. The number of aliphatic hydroxyl groups excluding tert-OH is 1. The summed E-state index contributed by atoms with van der Waals surface area (Å²) in [6.07, 6.45) is 0.541. The lowest BCUT2D eigenvalue weighted by Crippen LogP contribution is -1.97. The molecule has 0 aromatic carbocycles. The fourth-order valence-electron chi connectivity index (χ4n) is 1.62. The average molecular weight is 214 g/mol. The van der Waals surface area contributed by atoms with Crippen LogP contribution in [0.2, 0.25) is 5.15 Å². The molecule has 0 saturated carbocycles. The smallest absolute Gasteiger partial charge is 0.171 e. The molecule has 1 aliphatic heterocycles. The van der Waals surface area contributed by atoms with E-state index in [1.54, 1.807) is 0 Å². The molecule has 0 radical (unpaired) electrons. The van der Waals surface area contributed by atoms with Gasteiger partial charge in [0.05, 0.1) is 6.61 Å². The van der Waals surface area contributed by atoms with Gasteiger partial charge in [0.2, 0.25) is 0 Å². The largest absolute Gasteiger partial charge is 0.489 e. The van der Waals surface area contributed by atoms with Crippen molar-refractivity contribution in [3.63, 3.8) is 0 Å². The van der Waals surface area contributed by atoms with Crippen molar-refractivity contribution in [3.05, 3.63) is 22.5 Å². The molecule has 1 aromatic heterocycles. The van der Waals surface area contributed by atoms with Gasteiger partial charge in [0.25, 0.3) is 0 Å². The molecule has 14 heavy (non-hydrogen) atoms. The van der Waals surface area contributed by atoms with E-state index in [1.165, 1.54) is 0 Å². The number of aliphatic hydroxyl groups is 1. The summed E-state index contributed by atoms with van der Waals surface area (Å²) in [7, 11) is 0. The number of fused-ring (bicyclic) bond motifs is 1. The lowest BCUT2D eigenvalue weighted by Gasteiger charge is -2.05. The standard InChI is InChI=1S/C10H12ClNO2/c1-6-5-14-9-8(6)4-7(2-3-13)12-10(9)11/h4,6,13H,2-3,5H2,1H3. The van der Waals surface area contributed by atoms with E-state index in [0.717, 1.165) is 11.3 Å². The molecule has 0 amide bonds. The van der Waals surface area contributed by atoms with Crippen molar-refractivity contribution in [1.82, 2.24) is 4.98 Å². The van der Waals surface area contributed by atoms with Crippen LogP contribution >= 0.6 is 11.6 Å². The van der Waals surface area contributed by atoms with Gasteiger partial charge >= 0.3 is 0 Å². The van der Waals surface area contributed by atoms with Crippen LogP contribution in [0.4, 0.5) is 0 Å². The monoisotopic (exact) mass is 213 g/mol. The third-order valence-corrected chi connectivity index (χ3v) is 2.65. The number of hydrogen-bond acceptors (Lipinski definition) is 3. The summed E-state index contributed by atoms with van der Waals surface area (Å²) < 4.78 is 5.42. The third kappa shape index (κ3) is 1.57. The number of ether oxygens (including phenoxy) is 1. The van der Waals surface area contributed by atoms with Crippen LogP contribution in [0.1, 0.15) is 24.1 Å². The van der Waals surface area contributed by atoms with Gasteiger partial charge in [0.15, 0.2) is 10.9 Å². The van der Waals surface area contributed by atoms with E-state index in [4.69, 9.17) is 21.4 Å². The zero-order chi connectivity index (χ0) is 10.1. The van der Waals surface area contributed by atoms with Crippen LogP contribution in [-0.4, -0.2) is 23.3 Å². The highest BCUT2D eigenvalue weighted by atomic mass is 35.5. The van der Waals surface area contributed by atoms with Gasteiger partial charge in [-0.2, -0.15) is 0 Å². The van der Waals surface area contributed by atoms with Gasteiger partial charge in [-0.05, 0) is 6.07 Å². The first-order valence-electron chi connectivity index (χ1n) is 4.65. The molecule has 1 atom stereocenters. The van der Waals surface area contributed by atoms with Gasteiger partial charge in [0, 0.05) is 30.2 Å². The molecule has 1 aromatic rings. The molecule has 0 spiro atoms. The minimum atomic E-state index is 0.0946. The van der Waals surface area contributed by atoms with Crippen molar-refractivity contribution in [2.75, 3.05) is 13.2 Å². The number of halogens is 1. The van der Waals surface area contributed by atoms with Crippen molar-refractivity contribution in [1.29, 1.82) is 0 Å². The predicted octanol–water partition coefficient (Wildman–Crippen LogP) is 1.77. The summed E-state index contributed by atoms with van der Waals surface area (Å²) in [6, 6.07) is 1.97. The second kappa shape index (κ2) is 3.75. The minimum Gasteiger partial charge on any atom is -0.489 e. The first-order chi connectivity index (χ1) is 6.72. The van der Waals surface area contributed by atoms with Crippen LogP contribution in [-0.2, 0) is 6.42 Å². The van der Waals surface area contributed by atoms with Crippen molar-refractivity contribution in [2.24, 2.45) is 0 Å². The fraction of sp³-hybridized carbons (Fsp3) is 0.500. The number of aromatic nitrogens is 1. The Morgan fingerprint density at radius 2 is 2.50 bits per heavy atom. The Kier molecular flexibility index (Phi) is 2.61. The highest BCUT2D eigenvalue weighted by molar-refractivity contribution is 6.31. The van der Waals surface area contributed by atoms with Crippen LogP contribution in [0.5, 0.6) is 5.75 Å². The van der Waals surface area contributed by atoms with Gasteiger partial charge in [0.1, 0.15) is 0 Å². The molecule has 3 nitrogen and oxygen atoms in total. The number of nitrogens with zero attached hydrogens (tertiary/aromatic N) is 1. The predicted molar refractivity (Wildman–Crippen MR) is 53.9 cm³/mol. The molecule has 4 heteroatoms. The zero-order valence-corrected chi connectivity index (χ0v) is 8.71. The molecule has 1 N–H and O–H groups in total. The summed E-state index contributed by atoms with van der Waals surface area (Å²) in [6.45, 7) is 2.85. The number of pyridine rings is 1. The van der Waals surface area contributed by atoms with Gasteiger partial charge in [-0.3, -0.25) is 0 Å². The van der Waals surface area contributed by atoms with Crippen LogP contribution in [0.3, 0.4) is 0 Å². The van der Waals surface area contributed by atoms with Crippen LogP contribution in [0.25, 0.3) is 0 Å². The lowest BCUT2D eigenvalue weighted by molar-refractivity contribution is 0.298. The Hall–Kier alpha value is -0.800. The van der Waals surface area contributed by atoms with Gasteiger partial charge < -0.3 is 9.84 Å². The molecule has 1 aliphatic rings. The Labute approximate surface area is 87.7 Å². The van der Waals surface area contributed by atoms with E-state index in [0.29, 0.717) is 29.8 Å². The minimum absolute atomic E-state index is 0.0946. The first kappa shape index (κ1) is 9.74. The Morgan fingerprint density at radius 1 is 1.71 bits per heavy atom. The maximum absolute atomic E-state index is 8.81. The normalized spacial score (nSPS) is 19.2. The van der Waals surface area contributed by atoms with E-state index in [9.17, 15) is 0 Å². The van der Waals surface area contributed by atoms with E-state index < -0.39 is 0 Å². The van der Waals surface area contributed by atoms with Crippen molar-refractivity contribution in [2.45, 2.75) is 19.3 Å². The van der Waals surface area contributed by atoms with E-state index in [1.807, 2.05) is 6.07 Å². The number of rotatable bonds is 2. The molecule has 76 valence electrons. The molecule has 2 rings (SSSR count). The molecule has 2 heterocycles. The van der Waals surface area contributed by atoms with Gasteiger partial charge in [-0.15, -0.1) is 0 Å². The highest BCUT2D eigenvalue weighted by Gasteiger charge is 2.24. The Morgan fingerprint density at radius 3 is 3.21 bits per heavy atom. The molecular formula is C10H12ClNO2. The Balaban J connectivity index is 2.42. The average Bonchev–Trinajstić information content (AvgIpc) is 2.49. The molecular weight excluding hydrogens is 202 g/mol. The molecule has 1 unspecified atom stereocenters. The summed E-state index contributed by atoms with van der Waals surface area (Å²) in [4.78, 5) is 4.15. The summed E-state index contributed by atoms with van der Waals surface area (Å²) in [5.74, 6) is 1.07. The topological polar surface area (TPSA) is 42.4 Å². The molecule has 0 fully saturated rings. The van der Waals surface area contributed by atoms with Gasteiger partial charge in [-0.25, -0.2) is 4.98 Å². The van der Waals surface area contributed by atoms with Crippen molar-refractivity contribution in [3.8, 4) is 5.75 Å². The van der Waals surface area contributed by atoms with Crippen LogP contribution in [0, 0.1) is 0 Å². The third-order valence-electron chi connectivity index (χ3n) is 2.39. The fourth-order valence-corrected chi connectivity index (χ4v) is 1.90. The van der Waals surface area contributed by atoms with Crippen LogP contribution in [0.15, 0.2) is 6.07 Å². The zero-order valence-electron chi connectivity index (χ0n) is 7.96. The summed E-state index contributed by atoms with van der Waals surface area (Å²) in [5.41, 5.74) is 1.93. The Bertz CT molecular complexity index is 354. The van der Waals surface area contributed by atoms with E-state index >= 15 is 0 Å². The van der Waals surface area contributed by atoms with Crippen molar-refractivity contribution >= 4 is 11.6 Å². The second-order valence-electron chi connectivity index (χ2n) is 3.51. The first-order valence-corrected chi connectivity index (χ1v) is 5.03. The second-order valence-corrected chi connectivity index (χ2v) is 3.87. The van der Waals surface area contributed by atoms with E-state index in [2.05, 4.69) is 11.9 Å². The quantitative estimate of drug-likeness (QED) is 0.762. The highest BCUT2D eigenvalue weighted by Crippen LogP contribution is 2.38. The van der Waals surface area contributed by atoms with Crippen LogP contribution < -0.4 is 4.74 Å². The van der Waals surface area contributed by atoms with E-state index in [-0.39, 0.29) is 6.61 Å². The lowest BCUT2D eigenvalue weighted by atomic mass is 10.0. The maximum Gasteiger partial charge on any atom is 0.171 e. The SMILES string of the molecule is CC1COc2c1cc(CCO)nc2Cl. The maximum atomic E-state index is 8.81. The molecule has 0 aliphatic carbocycles. The van der Waals surface area contributed by atoms with Crippen molar-refractivity contribution < 1.29 is 9.84 Å². The summed E-state index contributed by atoms with van der Waals surface area (Å²) in [5, 5.41) is 9.22. The summed E-state index contributed by atoms with van der Waals surface area (Å²) >= 11 is 5.96.